The van der Waals surface area contributed by atoms with E-state index in [1.807, 2.05) is 0 Å². The van der Waals surface area contributed by atoms with Gasteiger partial charge in [0.25, 0.3) is 0 Å². The van der Waals surface area contributed by atoms with Gasteiger partial charge in [-0.2, -0.15) is 0 Å². The third kappa shape index (κ3) is 1.43. The van der Waals surface area contributed by atoms with Gasteiger partial charge in [0.05, 0.1) is 0 Å². The molecule has 1 aliphatic rings. The number of nitrogens with zero attached hydrogens (tertiary/aromatic N) is 1. The molecule has 1 aliphatic heterocycles. The Kier molecular flexibility index (Phi) is 2.32. The standard InChI is InChI=1S/C13H17N/c1-10-9-13(11(2)14(10)3)12-7-5-4-6-8-12/h4-8,10,13H,2,9H2,1,3H3. The van der Waals surface area contributed by atoms with E-state index in [9.17, 15) is 0 Å². The van der Waals surface area contributed by atoms with E-state index in [2.05, 4.69) is 55.8 Å². The lowest BCUT2D eigenvalue weighted by atomic mass is 9.95. The molecule has 0 bridgehead atoms. The van der Waals surface area contributed by atoms with Crippen LogP contribution in [0.25, 0.3) is 0 Å². The number of likely N-dealkylation sites (tertiary alicyclic amines) is 1. The Morgan fingerprint density at radius 3 is 2.43 bits per heavy atom. The lowest BCUT2D eigenvalue weighted by Crippen LogP contribution is -2.19. The summed E-state index contributed by atoms with van der Waals surface area (Å²) < 4.78 is 0. The summed E-state index contributed by atoms with van der Waals surface area (Å²) in [4.78, 5) is 2.29. The van der Waals surface area contributed by atoms with Crippen molar-refractivity contribution < 1.29 is 0 Å². The highest BCUT2D eigenvalue weighted by molar-refractivity contribution is 5.30. The van der Waals surface area contributed by atoms with Crippen molar-refractivity contribution in [2.45, 2.75) is 25.3 Å². The van der Waals surface area contributed by atoms with Crippen molar-refractivity contribution in [1.82, 2.24) is 4.90 Å². The Hall–Kier alpha value is -1.24. The van der Waals surface area contributed by atoms with Crippen LogP contribution in [-0.2, 0) is 0 Å². The molecule has 1 fully saturated rings. The zero-order valence-electron chi connectivity index (χ0n) is 8.90. The first-order valence-corrected chi connectivity index (χ1v) is 5.16. The summed E-state index contributed by atoms with van der Waals surface area (Å²) in [5.41, 5.74) is 2.65. The van der Waals surface area contributed by atoms with Crippen molar-refractivity contribution in [2.75, 3.05) is 7.05 Å². The van der Waals surface area contributed by atoms with Gasteiger partial charge >= 0.3 is 0 Å². The van der Waals surface area contributed by atoms with Crippen LogP contribution >= 0.6 is 0 Å². The molecule has 1 aromatic rings. The molecule has 2 unspecified atom stereocenters. The highest BCUT2D eigenvalue weighted by atomic mass is 15.2. The normalized spacial score (nSPS) is 27.0. The molecule has 2 rings (SSSR count). The van der Waals surface area contributed by atoms with E-state index in [1.165, 1.54) is 17.7 Å². The molecule has 0 aliphatic carbocycles. The fourth-order valence-corrected chi connectivity index (χ4v) is 2.18. The number of allylic oxidation sites excluding steroid dienone is 1. The summed E-state index contributed by atoms with van der Waals surface area (Å²) >= 11 is 0. The molecule has 1 saturated heterocycles. The van der Waals surface area contributed by atoms with Crippen LogP contribution in [0.5, 0.6) is 0 Å². The molecule has 2 atom stereocenters. The van der Waals surface area contributed by atoms with Crippen LogP contribution in [0.1, 0.15) is 24.8 Å². The highest BCUT2D eigenvalue weighted by Gasteiger charge is 2.30. The third-order valence-corrected chi connectivity index (χ3v) is 3.30. The Balaban J connectivity index is 2.26. The Bertz CT molecular complexity index is 328. The molecule has 0 saturated carbocycles. The maximum Gasteiger partial charge on any atom is 0.0265 e. The van der Waals surface area contributed by atoms with Gasteiger partial charge in [-0.05, 0) is 18.9 Å². The number of likely N-dealkylation sites (N-methyl/N-ethyl adjacent to an activating group) is 1. The van der Waals surface area contributed by atoms with E-state index in [1.54, 1.807) is 0 Å². The molecule has 0 aromatic heterocycles. The average Bonchev–Trinajstić information content (AvgIpc) is 2.47. The second kappa shape index (κ2) is 3.49. The lowest BCUT2D eigenvalue weighted by molar-refractivity contribution is 0.377. The maximum absolute atomic E-state index is 4.17. The van der Waals surface area contributed by atoms with E-state index >= 15 is 0 Å². The Morgan fingerprint density at radius 1 is 1.29 bits per heavy atom. The van der Waals surface area contributed by atoms with Crippen LogP contribution in [0.3, 0.4) is 0 Å². The summed E-state index contributed by atoms with van der Waals surface area (Å²) in [6.07, 6.45) is 1.19. The number of hydrogen-bond acceptors (Lipinski definition) is 1. The second-order valence-corrected chi connectivity index (χ2v) is 4.15. The third-order valence-electron chi connectivity index (χ3n) is 3.30. The predicted octanol–water partition coefficient (Wildman–Crippen LogP) is 3.01. The summed E-state index contributed by atoms with van der Waals surface area (Å²) in [6, 6.07) is 11.3. The van der Waals surface area contributed by atoms with E-state index in [-0.39, 0.29) is 0 Å². The highest BCUT2D eigenvalue weighted by Crippen LogP contribution is 2.37. The van der Waals surface area contributed by atoms with Gasteiger partial charge in [0.1, 0.15) is 0 Å². The number of hydrogen-bond donors (Lipinski definition) is 0. The zero-order chi connectivity index (χ0) is 10.1. The van der Waals surface area contributed by atoms with Crippen molar-refractivity contribution in [3.63, 3.8) is 0 Å². The van der Waals surface area contributed by atoms with Gasteiger partial charge in [0.2, 0.25) is 0 Å². The molecule has 0 N–H and O–H groups in total. The molecule has 1 heteroatoms. The fourth-order valence-electron chi connectivity index (χ4n) is 2.18. The zero-order valence-corrected chi connectivity index (χ0v) is 8.90. The Labute approximate surface area is 86.1 Å². The molecule has 1 aromatic carbocycles. The monoisotopic (exact) mass is 187 g/mol. The van der Waals surface area contributed by atoms with Crippen LogP contribution in [0.4, 0.5) is 0 Å². The fraction of sp³-hybridized carbons (Fsp3) is 0.385. The maximum atomic E-state index is 4.17. The summed E-state index contributed by atoms with van der Waals surface area (Å²) in [5, 5.41) is 0. The molecule has 1 heterocycles. The first-order valence-electron chi connectivity index (χ1n) is 5.16. The van der Waals surface area contributed by atoms with Gasteiger partial charge in [0.15, 0.2) is 0 Å². The largest absolute Gasteiger partial charge is 0.375 e. The average molecular weight is 187 g/mol. The van der Waals surface area contributed by atoms with Gasteiger partial charge in [-0.3, -0.25) is 0 Å². The van der Waals surface area contributed by atoms with Crippen LogP contribution in [0.15, 0.2) is 42.6 Å². The first-order chi connectivity index (χ1) is 6.70. The van der Waals surface area contributed by atoms with Gasteiger partial charge in [-0.1, -0.05) is 36.9 Å². The van der Waals surface area contributed by atoms with Crippen LogP contribution < -0.4 is 0 Å². The van der Waals surface area contributed by atoms with Crippen LogP contribution in [0.2, 0.25) is 0 Å². The topological polar surface area (TPSA) is 3.24 Å². The molecule has 0 spiro atoms. The summed E-state index contributed by atoms with van der Waals surface area (Å²) in [5.74, 6) is 0.524. The molecule has 74 valence electrons. The Morgan fingerprint density at radius 2 is 1.93 bits per heavy atom. The minimum atomic E-state index is 0.524. The second-order valence-electron chi connectivity index (χ2n) is 4.15. The lowest BCUT2D eigenvalue weighted by Gasteiger charge is -2.19. The quantitative estimate of drug-likeness (QED) is 0.653. The molecule has 14 heavy (non-hydrogen) atoms. The molecular formula is C13H17N. The van der Waals surface area contributed by atoms with E-state index in [0.29, 0.717) is 12.0 Å². The number of rotatable bonds is 1. The van der Waals surface area contributed by atoms with E-state index in [0.717, 1.165) is 0 Å². The van der Waals surface area contributed by atoms with Crippen LogP contribution in [-0.4, -0.2) is 18.0 Å². The van der Waals surface area contributed by atoms with Crippen molar-refractivity contribution in [3.05, 3.63) is 48.2 Å². The number of benzene rings is 1. The summed E-state index contributed by atoms with van der Waals surface area (Å²) in [6.45, 7) is 6.43. The van der Waals surface area contributed by atoms with Crippen molar-refractivity contribution in [3.8, 4) is 0 Å². The van der Waals surface area contributed by atoms with E-state index < -0.39 is 0 Å². The van der Waals surface area contributed by atoms with Gasteiger partial charge in [-0.15, -0.1) is 0 Å². The van der Waals surface area contributed by atoms with E-state index in [4.69, 9.17) is 0 Å². The summed E-state index contributed by atoms with van der Waals surface area (Å²) in [7, 11) is 2.13. The van der Waals surface area contributed by atoms with Gasteiger partial charge in [0, 0.05) is 24.7 Å². The smallest absolute Gasteiger partial charge is 0.0265 e. The van der Waals surface area contributed by atoms with Gasteiger partial charge in [-0.25, -0.2) is 0 Å². The molecule has 0 amide bonds. The molecule has 0 radical (unpaired) electrons. The minimum absolute atomic E-state index is 0.524. The minimum Gasteiger partial charge on any atom is -0.375 e. The predicted molar refractivity (Wildman–Crippen MR) is 60.2 cm³/mol. The van der Waals surface area contributed by atoms with Gasteiger partial charge < -0.3 is 4.90 Å². The van der Waals surface area contributed by atoms with Crippen molar-refractivity contribution >= 4 is 0 Å². The van der Waals surface area contributed by atoms with Crippen molar-refractivity contribution in [1.29, 1.82) is 0 Å². The molecular weight excluding hydrogens is 170 g/mol. The van der Waals surface area contributed by atoms with Crippen molar-refractivity contribution in [2.24, 2.45) is 0 Å². The first kappa shape index (κ1) is 9.32. The van der Waals surface area contributed by atoms with Crippen LogP contribution in [0, 0.1) is 0 Å². The molecule has 1 nitrogen and oxygen atoms in total. The SMILES string of the molecule is C=C1C(c2ccccc2)CC(C)N1C.